The van der Waals surface area contributed by atoms with E-state index in [4.69, 9.17) is 9.26 Å². The van der Waals surface area contributed by atoms with Crippen molar-refractivity contribution in [3.8, 4) is 0 Å². The molecule has 0 radical (unpaired) electrons. The molecule has 1 aliphatic heterocycles. The van der Waals surface area contributed by atoms with Crippen LogP contribution >= 0.6 is 7.75 Å². The molecule has 1 saturated heterocycles. The van der Waals surface area contributed by atoms with E-state index in [1.165, 1.54) is 6.92 Å². The predicted molar refractivity (Wildman–Crippen MR) is 129 cm³/mol. The summed E-state index contributed by atoms with van der Waals surface area (Å²) in [4.78, 5) is 38.3. The zero-order valence-electron chi connectivity index (χ0n) is 21.6. The number of nitrogens with one attached hydrogen (secondary N) is 3. The number of para-hydroxylation sites is 1. The third kappa shape index (κ3) is 8.33. The maximum absolute atomic E-state index is 13.1. The molecule has 0 saturated carbocycles. The van der Waals surface area contributed by atoms with Crippen molar-refractivity contribution in [2.24, 2.45) is 5.92 Å². The number of rotatable bonds is 11. The van der Waals surface area contributed by atoms with Crippen LogP contribution in [0.3, 0.4) is 0 Å². The number of hydrogen-bond donors (Lipinski definition) is 7. The minimum atomic E-state index is -4.85. The fourth-order valence-corrected chi connectivity index (χ4v) is 5.28. The van der Waals surface area contributed by atoms with Gasteiger partial charge in [-0.15, -0.1) is 0 Å². The Bertz CT molecular complexity index is 1150. The first-order valence-corrected chi connectivity index (χ1v) is 13.4. The minimum absolute atomic E-state index is 0. The third-order valence-corrected chi connectivity index (χ3v) is 7.23. The summed E-state index contributed by atoms with van der Waals surface area (Å²) >= 11 is 0. The van der Waals surface area contributed by atoms with Gasteiger partial charge in [0.25, 0.3) is 0 Å². The van der Waals surface area contributed by atoms with Gasteiger partial charge in [-0.05, 0) is 30.9 Å². The molecular weight excluding hydrogens is 532 g/mol. The van der Waals surface area contributed by atoms with Crippen molar-refractivity contribution in [3.63, 3.8) is 0 Å². The number of fused-ring (bicyclic) bond motifs is 1. The Balaban J connectivity index is 0.00000507. The molecule has 13 nitrogen and oxygen atoms in total. The van der Waals surface area contributed by atoms with E-state index in [2.05, 4.69) is 15.4 Å². The molecule has 1 aromatic heterocycles. The molecule has 3 rings (SSSR count). The van der Waals surface area contributed by atoms with Crippen LogP contribution < -0.4 is 45.1 Å². The molecule has 2 heterocycles. The van der Waals surface area contributed by atoms with Crippen molar-refractivity contribution in [3.05, 3.63) is 36.0 Å². The number of carboxylic acids is 1. The van der Waals surface area contributed by atoms with Gasteiger partial charge in [-0.1, -0.05) is 32.0 Å². The maximum atomic E-state index is 13.1. The first kappa shape index (κ1) is 32.9. The quantitative estimate of drug-likeness (QED) is 0.103. The van der Waals surface area contributed by atoms with Gasteiger partial charge in [0.05, 0.1) is 24.2 Å². The van der Waals surface area contributed by atoms with E-state index < -0.39 is 62.4 Å². The van der Waals surface area contributed by atoms with Gasteiger partial charge < -0.3 is 45.2 Å². The van der Waals surface area contributed by atoms with Crippen LogP contribution in [0.5, 0.6) is 0 Å². The predicted octanol–water partition coefficient (Wildman–Crippen LogP) is -4.10. The van der Waals surface area contributed by atoms with E-state index in [0.717, 1.165) is 10.9 Å². The number of H-pyrrole nitrogens is 1. The number of ether oxygens (including phenoxy) is 1. The van der Waals surface area contributed by atoms with Gasteiger partial charge >= 0.3 is 37.3 Å². The third-order valence-electron chi connectivity index (χ3n) is 6.10. The van der Waals surface area contributed by atoms with Crippen LogP contribution in [0.2, 0.25) is 0 Å². The Hall–Kier alpha value is -1.35. The van der Waals surface area contributed by atoms with Gasteiger partial charge in [0.15, 0.2) is 6.29 Å². The molecule has 0 bridgehead atoms. The smallest absolute Gasteiger partial charge is 0.548 e. The van der Waals surface area contributed by atoms with Crippen molar-refractivity contribution in [2.45, 2.75) is 76.4 Å². The van der Waals surface area contributed by atoms with Crippen LogP contribution in [0.4, 0.5) is 0 Å². The van der Waals surface area contributed by atoms with E-state index in [-0.39, 0.29) is 48.3 Å². The van der Waals surface area contributed by atoms with E-state index in [1.54, 1.807) is 32.2 Å². The van der Waals surface area contributed by atoms with Crippen molar-refractivity contribution in [1.29, 1.82) is 0 Å². The summed E-state index contributed by atoms with van der Waals surface area (Å²) in [5, 5.41) is 46.9. The SMILES string of the molecule is CC(C)C[C@H](NP(=O)(O)OC1O[C@@H](C)[C@H](O)[C@@H](O)[C@H]1O)C(=O)N[C@@H](Cc1c[nH]c2ccccc12)C(=O)[O-].[Na+]. The molecule has 1 amide bonds. The minimum Gasteiger partial charge on any atom is -0.548 e. The molecule has 0 spiro atoms. The van der Waals surface area contributed by atoms with Gasteiger partial charge in [-0.3, -0.25) is 9.32 Å². The van der Waals surface area contributed by atoms with Crippen LogP contribution in [0, 0.1) is 5.92 Å². The van der Waals surface area contributed by atoms with E-state index in [1.807, 2.05) is 12.1 Å². The molecule has 38 heavy (non-hydrogen) atoms. The van der Waals surface area contributed by atoms with Gasteiger partial charge in [-0.2, -0.15) is 0 Å². The van der Waals surface area contributed by atoms with Gasteiger partial charge in [0.1, 0.15) is 18.3 Å². The summed E-state index contributed by atoms with van der Waals surface area (Å²) in [5.41, 5.74) is 1.42. The zero-order chi connectivity index (χ0) is 27.5. The number of carbonyl (C=O) groups is 2. The maximum Gasteiger partial charge on any atom is 1.00 e. The molecule has 8 atom stereocenters. The van der Waals surface area contributed by atoms with Crippen molar-refractivity contribution >= 4 is 30.5 Å². The first-order valence-electron chi connectivity index (χ1n) is 11.8. The van der Waals surface area contributed by atoms with E-state index in [9.17, 15) is 39.5 Å². The van der Waals surface area contributed by atoms with Crippen LogP contribution in [-0.2, 0) is 29.8 Å². The van der Waals surface area contributed by atoms with E-state index in [0.29, 0.717) is 5.56 Å². The Morgan fingerprint density at radius 2 is 1.82 bits per heavy atom. The second-order valence-electron chi connectivity index (χ2n) is 9.56. The molecular formula is C23H33N3NaO10P. The molecule has 2 unspecified atom stereocenters. The van der Waals surface area contributed by atoms with E-state index >= 15 is 0 Å². The van der Waals surface area contributed by atoms with Crippen molar-refractivity contribution < 1.29 is 78.3 Å². The fourth-order valence-electron chi connectivity index (χ4n) is 4.14. The second kappa shape index (κ2) is 13.8. The summed E-state index contributed by atoms with van der Waals surface area (Å²) in [7, 11) is -4.85. The largest absolute Gasteiger partial charge is 1.00 e. The summed E-state index contributed by atoms with van der Waals surface area (Å²) in [6, 6.07) is 4.42. The Morgan fingerprint density at radius 1 is 1.16 bits per heavy atom. The zero-order valence-corrected chi connectivity index (χ0v) is 24.5. The Kier molecular flexibility index (Phi) is 12.0. The molecule has 1 aliphatic rings. The average Bonchev–Trinajstić information content (AvgIpc) is 3.22. The molecule has 2 aromatic rings. The molecule has 1 fully saturated rings. The Labute approximate surface area is 241 Å². The molecule has 0 aliphatic carbocycles. The Morgan fingerprint density at radius 3 is 2.45 bits per heavy atom. The molecule has 206 valence electrons. The number of benzene rings is 1. The molecule has 15 heteroatoms. The number of hydrogen-bond acceptors (Lipinski definition) is 9. The number of aliphatic carboxylic acids is 1. The number of aromatic nitrogens is 1. The first-order chi connectivity index (χ1) is 17.3. The summed E-state index contributed by atoms with van der Waals surface area (Å²) in [5.74, 6) is -2.58. The summed E-state index contributed by atoms with van der Waals surface area (Å²) in [6.07, 6.45) is -6.23. The van der Waals surface area contributed by atoms with Crippen molar-refractivity contribution in [1.82, 2.24) is 15.4 Å². The second-order valence-corrected chi connectivity index (χ2v) is 11.1. The summed E-state index contributed by atoms with van der Waals surface area (Å²) in [6.45, 7) is 4.87. The fraction of sp³-hybridized carbons (Fsp3) is 0.565. The van der Waals surface area contributed by atoms with Gasteiger partial charge in [0, 0.05) is 23.5 Å². The topological polar surface area (TPSA) is 214 Å². The monoisotopic (exact) mass is 565 g/mol. The van der Waals surface area contributed by atoms with Crippen LogP contribution in [0.15, 0.2) is 30.5 Å². The van der Waals surface area contributed by atoms with Crippen LogP contribution in [0.1, 0.15) is 32.8 Å². The summed E-state index contributed by atoms with van der Waals surface area (Å²) < 4.78 is 23.0. The average molecular weight is 565 g/mol. The van der Waals surface area contributed by atoms with Gasteiger partial charge in [0.2, 0.25) is 5.91 Å². The molecule has 1 aromatic carbocycles. The number of aliphatic hydroxyl groups excluding tert-OH is 3. The standard InChI is InChI=1S/C23H34N3O10P.Na/c1-11(2)8-16(26-37(33,34)36-23-20(29)19(28)18(27)12(3)35-23)21(30)25-17(22(31)32)9-13-10-24-15-7-5-4-6-14(13)15;/h4-7,10-12,16-20,23-24,27-29H,8-9H2,1-3H3,(H,25,30)(H,31,32)(H2,26,33,34);/q;+1/p-1/t12-,16-,17-,18-,19+,20+,23?;/m0./s1. The van der Waals surface area contributed by atoms with Crippen molar-refractivity contribution in [2.75, 3.05) is 0 Å². The number of carboxylic acid groups (broad SMARTS) is 1. The number of aromatic amines is 1. The van der Waals surface area contributed by atoms with Crippen LogP contribution in [0.25, 0.3) is 10.9 Å². The number of amides is 1. The number of aliphatic hydroxyl groups is 3. The molecule has 7 N–H and O–H groups in total. The van der Waals surface area contributed by atoms with Crippen LogP contribution in [-0.4, -0.2) is 79.9 Å². The normalized spacial score (nSPS) is 26.8. The van der Waals surface area contributed by atoms with Gasteiger partial charge in [-0.25, -0.2) is 9.65 Å². The number of carbonyl (C=O) groups excluding carboxylic acids is 2.